The van der Waals surface area contributed by atoms with Crippen molar-refractivity contribution < 1.29 is 0 Å². The van der Waals surface area contributed by atoms with Gasteiger partial charge in [0, 0.05) is 17.4 Å². The standard InChI is InChI=1S/C12H20N4S2/c1-3-18-9-6-4-5-8(9)14-11-7-10(13)15-12(16-11)17-2/h7-9H,3-6H2,1-2H3,(H3,13,14,15,16). The van der Waals surface area contributed by atoms with Crippen LogP contribution in [0.15, 0.2) is 11.2 Å². The van der Waals surface area contributed by atoms with Gasteiger partial charge in [0.1, 0.15) is 11.6 Å². The van der Waals surface area contributed by atoms with Crippen LogP contribution in [0.1, 0.15) is 26.2 Å². The summed E-state index contributed by atoms with van der Waals surface area (Å²) in [6, 6.07) is 2.34. The van der Waals surface area contributed by atoms with Crippen molar-refractivity contribution in [1.29, 1.82) is 0 Å². The van der Waals surface area contributed by atoms with Crippen LogP contribution in [-0.4, -0.2) is 33.3 Å². The zero-order valence-corrected chi connectivity index (χ0v) is 12.5. The van der Waals surface area contributed by atoms with E-state index in [0.29, 0.717) is 17.1 Å². The molecule has 1 fully saturated rings. The van der Waals surface area contributed by atoms with Gasteiger partial charge in [-0.25, -0.2) is 9.97 Å². The normalized spacial score (nSPS) is 23.2. The van der Waals surface area contributed by atoms with Gasteiger partial charge in [0.2, 0.25) is 0 Å². The van der Waals surface area contributed by atoms with Gasteiger partial charge in [0.15, 0.2) is 5.16 Å². The Morgan fingerprint density at radius 1 is 1.44 bits per heavy atom. The molecule has 2 rings (SSSR count). The summed E-state index contributed by atoms with van der Waals surface area (Å²) >= 11 is 3.56. The lowest BCUT2D eigenvalue weighted by Crippen LogP contribution is -2.26. The molecule has 0 saturated heterocycles. The van der Waals surface area contributed by atoms with Gasteiger partial charge in [-0.2, -0.15) is 11.8 Å². The van der Waals surface area contributed by atoms with Crippen LogP contribution in [0, 0.1) is 0 Å². The van der Waals surface area contributed by atoms with Crippen LogP contribution in [-0.2, 0) is 0 Å². The zero-order valence-electron chi connectivity index (χ0n) is 10.8. The first kappa shape index (κ1) is 13.8. The number of hydrogen-bond acceptors (Lipinski definition) is 6. The molecule has 6 heteroatoms. The molecule has 2 unspecified atom stereocenters. The fraction of sp³-hybridized carbons (Fsp3) is 0.667. The Morgan fingerprint density at radius 3 is 3.00 bits per heavy atom. The highest BCUT2D eigenvalue weighted by molar-refractivity contribution is 7.99. The minimum Gasteiger partial charge on any atom is -0.383 e. The zero-order chi connectivity index (χ0) is 13.0. The highest BCUT2D eigenvalue weighted by atomic mass is 32.2. The quantitative estimate of drug-likeness (QED) is 0.640. The van der Waals surface area contributed by atoms with Crippen LogP contribution in [0.25, 0.3) is 0 Å². The van der Waals surface area contributed by atoms with E-state index >= 15 is 0 Å². The second-order valence-electron chi connectivity index (χ2n) is 4.34. The maximum Gasteiger partial charge on any atom is 0.191 e. The molecule has 1 saturated carbocycles. The number of anilines is 2. The Kier molecular flexibility index (Phi) is 5.00. The van der Waals surface area contributed by atoms with Gasteiger partial charge in [-0.15, -0.1) is 0 Å². The summed E-state index contributed by atoms with van der Waals surface area (Å²) in [6.45, 7) is 2.22. The van der Waals surface area contributed by atoms with Gasteiger partial charge in [-0.05, 0) is 24.9 Å². The van der Waals surface area contributed by atoms with E-state index in [2.05, 4.69) is 22.2 Å². The number of rotatable bonds is 5. The van der Waals surface area contributed by atoms with Gasteiger partial charge in [-0.3, -0.25) is 0 Å². The highest BCUT2D eigenvalue weighted by Crippen LogP contribution is 2.32. The van der Waals surface area contributed by atoms with Crippen LogP contribution >= 0.6 is 23.5 Å². The third-order valence-corrected chi connectivity index (χ3v) is 4.95. The third kappa shape index (κ3) is 3.45. The van der Waals surface area contributed by atoms with E-state index in [1.165, 1.54) is 36.8 Å². The van der Waals surface area contributed by atoms with E-state index in [0.717, 1.165) is 11.0 Å². The van der Waals surface area contributed by atoms with E-state index < -0.39 is 0 Å². The monoisotopic (exact) mass is 284 g/mol. The smallest absolute Gasteiger partial charge is 0.191 e. The molecule has 100 valence electrons. The lowest BCUT2D eigenvalue weighted by Gasteiger charge is -2.20. The average molecular weight is 284 g/mol. The largest absolute Gasteiger partial charge is 0.383 e. The van der Waals surface area contributed by atoms with E-state index in [1.807, 2.05) is 24.1 Å². The summed E-state index contributed by atoms with van der Waals surface area (Å²) in [6.07, 6.45) is 5.78. The topological polar surface area (TPSA) is 63.8 Å². The summed E-state index contributed by atoms with van der Waals surface area (Å²) in [4.78, 5) is 8.63. The molecule has 2 atom stereocenters. The Balaban J connectivity index is 2.06. The second-order valence-corrected chi connectivity index (χ2v) is 6.63. The van der Waals surface area contributed by atoms with Crippen molar-refractivity contribution in [3.63, 3.8) is 0 Å². The maximum atomic E-state index is 5.79. The molecule has 0 aliphatic heterocycles. The number of hydrogen-bond donors (Lipinski definition) is 2. The van der Waals surface area contributed by atoms with Crippen LogP contribution in [0.2, 0.25) is 0 Å². The van der Waals surface area contributed by atoms with E-state index in [-0.39, 0.29) is 0 Å². The lowest BCUT2D eigenvalue weighted by atomic mass is 10.2. The van der Waals surface area contributed by atoms with Crippen molar-refractivity contribution in [3.05, 3.63) is 6.07 Å². The first-order valence-electron chi connectivity index (χ1n) is 6.29. The molecule has 0 amide bonds. The van der Waals surface area contributed by atoms with Gasteiger partial charge < -0.3 is 11.1 Å². The Hall–Kier alpha value is -0.620. The molecule has 1 heterocycles. The summed E-state index contributed by atoms with van der Waals surface area (Å²) in [7, 11) is 0. The highest BCUT2D eigenvalue weighted by Gasteiger charge is 2.27. The van der Waals surface area contributed by atoms with Gasteiger partial charge in [0.25, 0.3) is 0 Å². The first-order valence-corrected chi connectivity index (χ1v) is 8.57. The summed E-state index contributed by atoms with van der Waals surface area (Å²) in [5.41, 5.74) is 5.79. The number of nitrogen functional groups attached to an aromatic ring is 1. The SMILES string of the molecule is CCSC1CCCC1Nc1cc(N)nc(SC)n1. The van der Waals surface area contributed by atoms with Crippen molar-refractivity contribution in [2.24, 2.45) is 0 Å². The molecule has 4 nitrogen and oxygen atoms in total. The molecule has 1 aliphatic rings. The van der Waals surface area contributed by atoms with Crippen LogP contribution in [0.5, 0.6) is 0 Å². The van der Waals surface area contributed by atoms with Gasteiger partial charge in [0.05, 0.1) is 0 Å². The van der Waals surface area contributed by atoms with Gasteiger partial charge in [-0.1, -0.05) is 25.1 Å². The van der Waals surface area contributed by atoms with E-state index in [9.17, 15) is 0 Å². The first-order chi connectivity index (χ1) is 8.72. The second kappa shape index (κ2) is 6.52. The number of nitrogens with two attached hydrogens (primary N) is 1. The Bertz CT molecular complexity index is 400. The molecule has 0 spiro atoms. The van der Waals surface area contributed by atoms with E-state index in [1.54, 1.807) is 0 Å². The van der Waals surface area contributed by atoms with Crippen molar-refractivity contribution in [2.45, 2.75) is 42.6 Å². The summed E-state index contributed by atoms with van der Waals surface area (Å²) in [5.74, 6) is 2.57. The number of aromatic nitrogens is 2. The average Bonchev–Trinajstić information content (AvgIpc) is 2.76. The van der Waals surface area contributed by atoms with E-state index in [4.69, 9.17) is 5.73 Å². The molecular formula is C12H20N4S2. The molecule has 3 N–H and O–H groups in total. The molecule has 1 aromatic rings. The van der Waals surface area contributed by atoms with Crippen molar-refractivity contribution in [2.75, 3.05) is 23.1 Å². The molecule has 0 radical (unpaired) electrons. The third-order valence-electron chi connectivity index (χ3n) is 3.07. The maximum absolute atomic E-state index is 5.79. The van der Waals surface area contributed by atoms with Gasteiger partial charge >= 0.3 is 0 Å². The van der Waals surface area contributed by atoms with Crippen LogP contribution in [0.4, 0.5) is 11.6 Å². The number of nitrogens with zero attached hydrogens (tertiary/aromatic N) is 2. The Labute approximate surface area is 117 Å². The van der Waals surface area contributed by atoms with Crippen LogP contribution in [0.3, 0.4) is 0 Å². The number of thioether (sulfide) groups is 2. The molecule has 0 bridgehead atoms. The predicted molar refractivity (Wildman–Crippen MR) is 81.4 cm³/mol. The van der Waals surface area contributed by atoms with Crippen molar-refractivity contribution in [1.82, 2.24) is 9.97 Å². The predicted octanol–water partition coefficient (Wildman–Crippen LogP) is 2.87. The lowest BCUT2D eigenvalue weighted by molar-refractivity contribution is 0.757. The Morgan fingerprint density at radius 2 is 2.28 bits per heavy atom. The summed E-state index contributed by atoms with van der Waals surface area (Å²) in [5, 5.41) is 4.96. The minimum absolute atomic E-state index is 0.513. The molecule has 18 heavy (non-hydrogen) atoms. The fourth-order valence-electron chi connectivity index (χ4n) is 2.30. The van der Waals surface area contributed by atoms with Crippen molar-refractivity contribution in [3.8, 4) is 0 Å². The minimum atomic E-state index is 0.513. The molecule has 1 aliphatic carbocycles. The fourth-order valence-corrected chi connectivity index (χ4v) is 3.89. The molecule has 1 aromatic heterocycles. The van der Waals surface area contributed by atoms with Crippen LogP contribution < -0.4 is 11.1 Å². The van der Waals surface area contributed by atoms with Crippen molar-refractivity contribution >= 4 is 35.2 Å². The number of nitrogens with one attached hydrogen (secondary N) is 1. The molecular weight excluding hydrogens is 264 g/mol. The summed E-state index contributed by atoms with van der Waals surface area (Å²) < 4.78 is 0. The molecule has 0 aromatic carbocycles.